The van der Waals surface area contributed by atoms with Gasteiger partial charge in [0.1, 0.15) is 11.5 Å². The number of hydrogen-bond donors (Lipinski definition) is 2. The van der Waals surface area contributed by atoms with E-state index in [9.17, 15) is 4.79 Å². The molecule has 0 saturated carbocycles. The number of methoxy groups -OCH3 is 2. The first-order chi connectivity index (χ1) is 14.5. The van der Waals surface area contributed by atoms with Gasteiger partial charge < -0.3 is 14.8 Å². The van der Waals surface area contributed by atoms with Crippen molar-refractivity contribution in [3.05, 3.63) is 78.4 Å². The number of carbonyl (C=O) groups excluding carboxylic acids is 1. The highest BCUT2D eigenvalue weighted by atomic mass is 16.5. The van der Waals surface area contributed by atoms with Crippen molar-refractivity contribution in [1.82, 2.24) is 5.32 Å². The van der Waals surface area contributed by atoms with E-state index in [1.165, 1.54) is 11.1 Å². The molecule has 30 heavy (non-hydrogen) atoms. The van der Waals surface area contributed by atoms with E-state index in [4.69, 9.17) is 9.47 Å². The molecular weight excluding hydrogens is 376 g/mol. The van der Waals surface area contributed by atoms with Crippen molar-refractivity contribution in [2.45, 2.75) is 25.9 Å². The molecule has 3 aromatic rings. The summed E-state index contributed by atoms with van der Waals surface area (Å²) < 4.78 is 10.6. The van der Waals surface area contributed by atoms with Crippen LogP contribution < -0.4 is 20.1 Å². The Hall–Kier alpha value is -3.31. The van der Waals surface area contributed by atoms with Crippen molar-refractivity contribution >= 4 is 11.6 Å². The third-order valence-electron chi connectivity index (χ3n) is 5.08. The minimum atomic E-state index is -0.398. The molecule has 5 heteroatoms. The number of hydrogen-bond acceptors (Lipinski definition) is 4. The van der Waals surface area contributed by atoms with E-state index in [1.54, 1.807) is 32.4 Å². The van der Waals surface area contributed by atoms with E-state index in [1.807, 2.05) is 32.0 Å². The molecule has 0 fully saturated rings. The number of carbonyl (C=O) groups is 1. The van der Waals surface area contributed by atoms with E-state index in [0.717, 1.165) is 5.56 Å². The number of anilines is 1. The normalized spacial score (nSPS) is 12.7. The molecule has 0 radical (unpaired) electrons. The predicted molar refractivity (Wildman–Crippen MR) is 121 cm³/mol. The lowest BCUT2D eigenvalue weighted by atomic mass is 10.0. The molecule has 156 valence electrons. The zero-order valence-corrected chi connectivity index (χ0v) is 17.8. The molecule has 0 saturated heterocycles. The second-order valence-electron chi connectivity index (χ2n) is 7.15. The Morgan fingerprint density at radius 3 is 2.13 bits per heavy atom. The summed E-state index contributed by atoms with van der Waals surface area (Å²) >= 11 is 0. The Morgan fingerprint density at radius 1 is 0.833 bits per heavy atom. The Bertz CT molecular complexity index is 971. The largest absolute Gasteiger partial charge is 0.497 e. The zero-order valence-electron chi connectivity index (χ0n) is 17.8. The molecular formula is C25H28N2O3. The van der Waals surface area contributed by atoms with Crippen molar-refractivity contribution in [2.75, 3.05) is 19.5 Å². The molecule has 3 rings (SSSR count). The minimum Gasteiger partial charge on any atom is -0.497 e. The van der Waals surface area contributed by atoms with Crippen molar-refractivity contribution in [3.8, 4) is 22.6 Å². The van der Waals surface area contributed by atoms with Crippen LogP contribution >= 0.6 is 0 Å². The summed E-state index contributed by atoms with van der Waals surface area (Å²) in [6.07, 6.45) is 0. The molecule has 0 bridgehead atoms. The van der Waals surface area contributed by atoms with E-state index < -0.39 is 6.04 Å². The molecule has 5 nitrogen and oxygen atoms in total. The molecule has 0 aromatic heterocycles. The average molecular weight is 405 g/mol. The average Bonchev–Trinajstić information content (AvgIpc) is 2.79. The van der Waals surface area contributed by atoms with Crippen molar-refractivity contribution in [2.24, 2.45) is 0 Å². The van der Waals surface area contributed by atoms with Crippen LogP contribution in [0.1, 0.15) is 25.5 Å². The van der Waals surface area contributed by atoms with Crippen molar-refractivity contribution < 1.29 is 14.3 Å². The summed E-state index contributed by atoms with van der Waals surface area (Å²) in [5.41, 5.74) is 4.05. The van der Waals surface area contributed by atoms with Crippen LogP contribution in [-0.2, 0) is 4.79 Å². The summed E-state index contributed by atoms with van der Waals surface area (Å²) in [6.45, 7) is 3.89. The van der Waals surface area contributed by atoms with Gasteiger partial charge in [-0.05, 0) is 42.7 Å². The van der Waals surface area contributed by atoms with Gasteiger partial charge in [-0.15, -0.1) is 0 Å². The minimum absolute atomic E-state index is 0.0165. The Labute approximate surface area is 178 Å². The summed E-state index contributed by atoms with van der Waals surface area (Å²) in [7, 11) is 3.16. The van der Waals surface area contributed by atoms with Gasteiger partial charge >= 0.3 is 0 Å². The standard InChI is InChI=1S/C25H28N2O3/c1-17(19-10-12-21(13-11-19)20-8-6-5-7-9-20)26-18(2)25(28)27-23-16-22(29-3)14-15-24(23)30-4/h5-18,26H,1-4H3,(H,27,28). The van der Waals surface area contributed by atoms with Crippen molar-refractivity contribution in [1.29, 1.82) is 0 Å². The summed E-state index contributed by atoms with van der Waals surface area (Å²) in [6, 6.07) is 23.6. The van der Waals surface area contributed by atoms with E-state index >= 15 is 0 Å². The fourth-order valence-electron chi connectivity index (χ4n) is 3.29. The Morgan fingerprint density at radius 2 is 1.50 bits per heavy atom. The lowest BCUT2D eigenvalue weighted by Crippen LogP contribution is -2.39. The van der Waals surface area contributed by atoms with Crippen LogP contribution in [0.5, 0.6) is 11.5 Å². The van der Waals surface area contributed by atoms with Gasteiger partial charge in [-0.2, -0.15) is 0 Å². The fourth-order valence-corrected chi connectivity index (χ4v) is 3.29. The maximum absolute atomic E-state index is 12.7. The van der Waals surface area contributed by atoms with E-state index in [0.29, 0.717) is 17.2 Å². The van der Waals surface area contributed by atoms with Gasteiger partial charge in [0.05, 0.1) is 25.9 Å². The van der Waals surface area contributed by atoms with Crippen LogP contribution in [0.3, 0.4) is 0 Å². The first-order valence-corrected chi connectivity index (χ1v) is 9.96. The smallest absolute Gasteiger partial charge is 0.241 e. The second kappa shape index (κ2) is 9.94. The highest BCUT2D eigenvalue weighted by molar-refractivity contribution is 5.96. The van der Waals surface area contributed by atoms with Crippen LogP contribution in [0, 0.1) is 0 Å². The molecule has 2 unspecified atom stereocenters. The summed E-state index contributed by atoms with van der Waals surface area (Å²) in [5.74, 6) is 1.09. The molecule has 0 aliphatic carbocycles. The first kappa shape index (κ1) is 21.4. The fraction of sp³-hybridized carbons (Fsp3) is 0.240. The molecule has 0 heterocycles. The molecule has 0 aliphatic rings. The first-order valence-electron chi connectivity index (χ1n) is 9.96. The molecule has 3 aromatic carbocycles. The lowest BCUT2D eigenvalue weighted by Gasteiger charge is -2.21. The third kappa shape index (κ3) is 5.19. The molecule has 2 atom stereocenters. The Balaban J connectivity index is 1.64. The maximum atomic E-state index is 12.7. The summed E-state index contributed by atoms with van der Waals surface area (Å²) in [5, 5.41) is 6.27. The highest BCUT2D eigenvalue weighted by Gasteiger charge is 2.18. The maximum Gasteiger partial charge on any atom is 0.241 e. The molecule has 0 aliphatic heterocycles. The van der Waals surface area contributed by atoms with Crippen LogP contribution in [0.4, 0.5) is 5.69 Å². The van der Waals surface area contributed by atoms with Gasteiger partial charge in [0.15, 0.2) is 0 Å². The third-order valence-corrected chi connectivity index (χ3v) is 5.08. The molecule has 1 amide bonds. The van der Waals surface area contributed by atoms with Crippen LogP contribution in [-0.4, -0.2) is 26.2 Å². The Kier molecular flexibility index (Phi) is 7.09. The highest BCUT2D eigenvalue weighted by Crippen LogP contribution is 2.29. The number of ether oxygens (including phenoxy) is 2. The van der Waals surface area contributed by atoms with Gasteiger partial charge in [-0.3, -0.25) is 10.1 Å². The van der Waals surface area contributed by atoms with Crippen LogP contribution in [0.15, 0.2) is 72.8 Å². The lowest BCUT2D eigenvalue weighted by molar-refractivity contribution is -0.117. The predicted octanol–water partition coefficient (Wildman–Crippen LogP) is 5.05. The second-order valence-corrected chi connectivity index (χ2v) is 7.15. The van der Waals surface area contributed by atoms with Gasteiger partial charge in [-0.1, -0.05) is 54.6 Å². The van der Waals surface area contributed by atoms with Crippen LogP contribution in [0.25, 0.3) is 11.1 Å². The summed E-state index contributed by atoms with van der Waals surface area (Å²) in [4.78, 5) is 12.7. The van der Waals surface area contributed by atoms with Gasteiger partial charge in [0.2, 0.25) is 5.91 Å². The number of nitrogens with one attached hydrogen (secondary N) is 2. The van der Waals surface area contributed by atoms with Gasteiger partial charge in [0, 0.05) is 12.1 Å². The topological polar surface area (TPSA) is 59.6 Å². The monoisotopic (exact) mass is 404 g/mol. The number of rotatable bonds is 8. The number of benzene rings is 3. The van der Waals surface area contributed by atoms with E-state index in [2.05, 4.69) is 47.0 Å². The van der Waals surface area contributed by atoms with Gasteiger partial charge in [-0.25, -0.2) is 0 Å². The van der Waals surface area contributed by atoms with Gasteiger partial charge in [0.25, 0.3) is 0 Å². The molecule has 0 spiro atoms. The van der Waals surface area contributed by atoms with E-state index in [-0.39, 0.29) is 11.9 Å². The van der Waals surface area contributed by atoms with Crippen molar-refractivity contribution in [3.63, 3.8) is 0 Å². The number of amides is 1. The SMILES string of the molecule is COc1ccc(OC)c(NC(=O)C(C)NC(C)c2ccc(-c3ccccc3)cc2)c1. The quantitative estimate of drug-likeness (QED) is 0.552. The zero-order chi connectivity index (χ0) is 21.5. The van der Waals surface area contributed by atoms with Crippen LogP contribution in [0.2, 0.25) is 0 Å². The molecule has 2 N–H and O–H groups in total.